The summed E-state index contributed by atoms with van der Waals surface area (Å²) in [5.74, 6) is -0.178. The predicted octanol–water partition coefficient (Wildman–Crippen LogP) is 4.29. The summed E-state index contributed by atoms with van der Waals surface area (Å²) in [6, 6.07) is 6.09. The van der Waals surface area contributed by atoms with E-state index >= 15 is 0 Å². The van der Waals surface area contributed by atoms with Crippen molar-refractivity contribution in [1.29, 1.82) is 0 Å². The monoisotopic (exact) mass is 337 g/mol. The van der Waals surface area contributed by atoms with Crippen molar-refractivity contribution in [2.75, 3.05) is 12.8 Å². The molecule has 0 atom stereocenters. The van der Waals surface area contributed by atoms with Crippen LogP contribution < -0.4 is 5.73 Å². The molecule has 5 heteroatoms. The van der Waals surface area contributed by atoms with Crippen molar-refractivity contribution in [3.05, 3.63) is 29.3 Å². The van der Waals surface area contributed by atoms with E-state index in [0.29, 0.717) is 13.0 Å². The minimum Gasteiger partial charge on any atom is -0.469 e. The van der Waals surface area contributed by atoms with Gasteiger partial charge >= 0.3 is 5.97 Å². The maximum Gasteiger partial charge on any atom is 0.305 e. The Bertz CT molecular complexity index is 536. The molecule has 0 aromatic heterocycles. The zero-order valence-electron chi connectivity index (χ0n) is 15.4. The summed E-state index contributed by atoms with van der Waals surface area (Å²) in [6.45, 7) is 11.8. The molecule has 0 aliphatic heterocycles. The summed E-state index contributed by atoms with van der Waals surface area (Å²) < 4.78 is 10.9. The van der Waals surface area contributed by atoms with Crippen LogP contribution in [0.25, 0.3) is 0 Å². The van der Waals surface area contributed by atoms with Crippen LogP contribution in [0.4, 0.5) is 5.69 Å². The molecule has 1 rings (SSSR count). The molecular formula is C18H31NO3Si. The zero-order chi connectivity index (χ0) is 17.7. The molecule has 0 unspecified atom stereocenters. The van der Waals surface area contributed by atoms with E-state index in [1.165, 1.54) is 7.11 Å². The molecule has 0 aliphatic carbocycles. The number of nitrogen functional groups attached to an aromatic ring is 1. The molecule has 1 aromatic rings. The quantitative estimate of drug-likeness (QED) is 0.458. The molecule has 0 heterocycles. The fourth-order valence-corrected chi connectivity index (χ4v) is 2.93. The summed E-state index contributed by atoms with van der Waals surface area (Å²) in [5, 5.41) is 0.201. The molecule has 0 radical (unpaired) electrons. The number of carbonyl (C=O) groups is 1. The van der Waals surface area contributed by atoms with Crippen LogP contribution in [0.1, 0.15) is 44.7 Å². The van der Waals surface area contributed by atoms with E-state index < -0.39 is 8.32 Å². The second-order valence-corrected chi connectivity index (χ2v) is 12.3. The number of benzene rings is 1. The number of hydrogen-bond donors (Lipinski definition) is 1. The molecule has 0 fully saturated rings. The van der Waals surface area contributed by atoms with Gasteiger partial charge in [0.1, 0.15) is 0 Å². The van der Waals surface area contributed by atoms with E-state index in [4.69, 9.17) is 10.2 Å². The summed E-state index contributed by atoms with van der Waals surface area (Å²) >= 11 is 0. The minimum atomic E-state index is -1.75. The third kappa shape index (κ3) is 5.99. The Morgan fingerprint density at radius 2 is 1.91 bits per heavy atom. The van der Waals surface area contributed by atoms with Crippen molar-refractivity contribution in [3.63, 3.8) is 0 Å². The number of rotatable bonds is 7. The van der Waals surface area contributed by atoms with E-state index in [1.54, 1.807) is 0 Å². The zero-order valence-corrected chi connectivity index (χ0v) is 16.4. The van der Waals surface area contributed by atoms with Gasteiger partial charge in [-0.1, -0.05) is 32.9 Å². The summed E-state index contributed by atoms with van der Waals surface area (Å²) in [7, 11) is -0.338. The van der Waals surface area contributed by atoms with E-state index in [9.17, 15) is 4.79 Å². The number of carbonyl (C=O) groups excluding carboxylic acids is 1. The van der Waals surface area contributed by atoms with Crippen LogP contribution in [-0.2, 0) is 27.0 Å². The average Bonchev–Trinajstić information content (AvgIpc) is 2.45. The van der Waals surface area contributed by atoms with Crippen LogP contribution in [0, 0.1) is 0 Å². The first-order chi connectivity index (χ1) is 10.6. The van der Waals surface area contributed by atoms with Crippen molar-refractivity contribution < 1.29 is 14.0 Å². The SMILES string of the molecule is COC(=O)CCCc1ccc(CO[Si](C)(C)C(C)(C)C)cc1N. The lowest BCUT2D eigenvalue weighted by molar-refractivity contribution is -0.140. The smallest absolute Gasteiger partial charge is 0.305 e. The van der Waals surface area contributed by atoms with Gasteiger partial charge < -0.3 is 14.9 Å². The van der Waals surface area contributed by atoms with Gasteiger partial charge in [0.25, 0.3) is 0 Å². The highest BCUT2D eigenvalue weighted by molar-refractivity contribution is 6.74. The Kier molecular flexibility index (Phi) is 6.83. The third-order valence-corrected chi connectivity index (χ3v) is 9.15. The van der Waals surface area contributed by atoms with Gasteiger partial charge in [-0.3, -0.25) is 4.79 Å². The number of hydrogen-bond acceptors (Lipinski definition) is 4. The highest BCUT2D eigenvalue weighted by atomic mass is 28.4. The molecule has 130 valence electrons. The van der Waals surface area contributed by atoms with Crippen molar-refractivity contribution in [2.45, 2.75) is 64.8 Å². The fourth-order valence-electron chi connectivity index (χ4n) is 1.97. The van der Waals surface area contributed by atoms with Gasteiger partial charge in [-0.2, -0.15) is 0 Å². The minimum absolute atomic E-state index is 0.178. The second kappa shape index (κ2) is 7.97. The summed E-state index contributed by atoms with van der Waals surface area (Å²) in [6.07, 6.45) is 1.95. The van der Waals surface area contributed by atoms with Crippen molar-refractivity contribution in [2.24, 2.45) is 0 Å². The first kappa shape index (κ1) is 19.7. The van der Waals surface area contributed by atoms with Gasteiger partial charge in [-0.05, 0) is 48.2 Å². The molecule has 0 aliphatic rings. The van der Waals surface area contributed by atoms with Crippen LogP contribution in [0.2, 0.25) is 18.1 Å². The number of nitrogens with two attached hydrogens (primary N) is 1. The van der Waals surface area contributed by atoms with Gasteiger partial charge in [-0.15, -0.1) is 0 Å². The molecular weight excluding hydrogens is 306 g/mol. The fraction of sp³-hybridized carbons (Fsp3) is 0.611. The summed E-state index contributed by atoms with van der Waals surface area (Å²) in [4.78, 5) is 11.1. The molecule has 0 spiro atoms. The first-order valence-corrected chi connectivity index (χ1v) is 11.1. The van der Waals surface area contributed by atoms with E-state index in [1.807, 2.05) is 12.1 Å². The number of aryl methyl sites for hydroxylation is 1. The molecule has 2 N–H and O–H groups in total. The molecule has 0 bridgehead atoms. The number of anilines is 1. The van der Waals surface area contributed by atoms with Crippen molar-refractivity contribution >= 4 is 20.0 Å². The Balaban J connectivity index is 2.61. The van der Waals surface area contributed by atoms with Gasteiger partial charge in [0.05, 0.1) is 13.7 Å². The number of esters is 1. The Morgan fingerprint density at radius 3 is 2.43 bits per heavy atom. The lowest BCUT2D eigenvalue weighted by Crippen LogP contribution is -2.40. The Morgan fingerprint density at radius 1 is 1.26 bits per heavy atom. The van der Waals surface area contributed by atoms with Gasteiger partial charge in [-0.25, -0.2) is 0 Å². The Hall–Kier alpha value is -1.33. The highest BCUT2D eigenvalue weighted by Crippen LogP contribution is 2.37. The van der Waals surface area contributed by atoms with Crippen molar-refractivity contribution in [1.82, 2.24) is 0 Å². The van der Waals surface area contributed by atoms with Crippen molar-refractivity contribution in [3.8, 4) is 0 Å². The predicted molar refractivity (Wildman–Crippen MR) is 97.8 cm³/mol. The van der Waals surface area contributed by atoms with Crippen LogP contribution >= 0.6 is 0 Å². The topological polar surface area (TPSA) is 61.5 Å². The van der Waals surface area contributed by atoms with Crippen LogP contribution in [-0.4, -0.2) is 21.4 Å². The molecule has 0 amide bonds. The van der Waals surface area contributed by atoms with E-state index in [2.05, 4.69) is 44.7 Å². The Labute approximate surface area is 141 Å². The van der Waals surface area contributed by atoms with Crippen LogP contribution in [0.15, 0.2) is 18.2 Å². The lowest BCUT2D eigenvalue weighted by atomic mass is 10.0. The second-order valence-electron chi connectivity index (χ2n) is 7.51. The normalized spacial score (nSPS) is 12.3. The lowest BCUT2D eigenvalue weighted by Gasteiger charge is -2.36. The van der Waals surface area contributed by atoms with Gasteiger partial charge in [0.15, 0.2) is 8.32 Å². The average molecular weight is 338 g/mol. The molecule has 0 saturated heterocycles. The highest BCUT2D eigenvalue weighted by Gasteiger charge is 2.36. The standard InChI is InChI=1S/C18H31NO3Si/c1-18(2,3)23(5,6)22-13-14-10-11-15(16(19)12-14)8-7-9-17(20)21-4/h10-12H,7-9,13,19H2,1-6H3. The molecule has 23 heavy (non-hydrogen) atoms. The maximum atomic E-state index is 11.1. The number of ether oxygens (including phenoxy) is 1. The molecule has 1 aromatic carbocycles. The third-order valence-electron chi connectivity index (χ3n) is 4.67. The molecule has 0 saturated carbocycles. The summed E-state index contributed by atoms with van der Waals surface area (Å²) in [5.41, 5.74) is 9.08. The molecule has 4 nitrogen and oxygen atoms in total. The van der Waals surface area contributed by atoms with E-state index in [0.717, 1.165) is 29.7 Å². The van der Waals surface area contributed by atoms with E-state index in [-0.39, 0.29) is 11.0 Å². The van der Waals surface area contributed by atoms with Gasteiger partial charge in [0, 0.05) is 12.1 Å². The first-order valence-electron chi connectivity index (χ1n) is 8.15. The van der Waals surface area contributed by atoms with Crippen LogP contribution in [0.3, 0.4) is 0 Å². The maximum absolute atomic E-state index is 11.1. The number of methoxy groups -OCH3 is 1. The van der Waals surface area contributed by atoms with Crippen LogP contribution in [0.5, 0.6) is 0 Å². The van der Waals surface area contributed by atoms with Gasteiger partial charge in [0.2, 0.25) is 0 Å². The largest absolute Gasteiger partial charge is 0.469 e.